The van der Waals surface area contributed by atoms with E-state index in [1.807, 2.05) is 42.5 Å². The number of carbonyl (C=O) groups excluding carboxylic acids is 1. The molecule has 3 nitrogen and oxygen atoms in total. The molecule has 0 saturated heterocycles. The van der Waals surface area contributed by atoms with Crippen molar-refractivity contribution in [1.29, 1.82) is 0 Å². The van der Waals surface area contributed by atoms with Crippen molar-refractivity contribution in [1.82, 2.24) is 0 Å². The minimum absolute atomic E-state index is 0.0820. The van der Waals surface area contributed by atoms with E-state index in [0.717, 1.165) is 17.7 Å². The van der Waals surface area contributed by atoms with Gasteiger partial charge in [0.2, 0.25) is 0 Å². The van der Waals surface area contributed by atoms with Gasteiger partial charge in [0.1, 0.15) is 11.1 Å². The van der Waals surface area contributed by atoms with Gasteiger partial charge in [-0.15, -0.1) is 11.6 Å². The van der Waals surface area contributed by atoms with E-state index >= 15 is 0 Å². The Kier molecular flexibility index (Phi) is 7.13. The van der Waals surface area contributed by atoms with Crippen molar-refractivity contribution in [3.63, 3.8) is 0 Å². The normalized spacial score (nSPS) is 13.1. The molecule has 2 atom stereocenters. The summed E-state index contributed by atoms with van der Waals surface area (Å²) in [5.41, 5.74) is 2.23. The van der Waals surface area contributed by atoms with Crippen molar-refractivity contribution < 1.29 is 14.3 Å². The second kappa shape index (κ2) is 9.33. The number of carbonyl (C=O) groups is 1. The van der Waals surface area contributed by atoms with Crippen LogP contribution in [0.4, 0.5) is 0 Å². The van der Waals surface area contributed by atoms with Crippen LogP contribution in [-0.2, 0) is 22.4 Å². The van der Waals surface area contributed by atoms with E-state index in [1.54, 1.807) is 6.92 Å². The van der Waals surface area contributed by atoms with Gasteiger partial charge in [-0.05, 0) is 43.5 Å². The maximum Gasteiger partial charge on any atom is 0.324 e. The summed E-state index contributed by atoms with van der Waals surface area (Å²) in [6.45, 7) is 4.16. The molecule has 0 aliphatic carbocycles. The molecule has 0 amide bonds. The molecule has 0 heterocycles. The lowest BCUT2D eigenvalue weighted by atomic mass is 10.1. The average molecular weight is 347 g/mol. The van der Waals surface area contributed by atoms with Crippen LogP contribution in [0.25, 0.3) is 0 Å². The molecule has 0 radical (unpaired) electrons. The van der Waals surface area contributed by atoms with Crippen LogP contribution in [-0.4, -0.2) is 24.1 Å². The van der Waals surface area contributed by atoms with E-state index in [-0.39, 0.29) is 12.1 Å². The highest BCUT2D eigenvalue weighted by Crippen LogP contribution is 2.18. The number of ether oxygens (including phenoxy) is 2. The summed E-state index contributed by atoms with van der Waals surface area (Å²) in [5.74, 6) is 0.431. The van der Waals surface area contributed by atoms with Crippen molar-refractivity contribution in [2.75, 3.05) is 6.61 Å². The minimum Gasteiger partial charge on any atom is -0.490 e. The summed E-state index contributed by atoms with van der Waals surface area (Å²) in [7, 11) is 0. The third-order valence-corrected chi connectivity index (χ3v) is 3.92. The summed E-state index contributed by atoms with van der Waals surface area (Å²) in [6.07, 6.45) is 1.38. The molecule has 0 saturated carbocycles. The zero-order valence-corrected chi connectivity index (χ0v) is 14.8. The zero-order valence-electron chi connectivity index (χ0n) is 14.1. The second-order valence-electron chi connectivity index (χ2n) is 5.69. The first-order valence-electron chi connectivity index (χ1n) is 8.18. The molecule has 2 aromatic carbocycles. The molecule has 128 valence electrons. The Morgan fingerprint density at radius 1 is 1.00 bits per heavy atom. The van der Waals surface area contributed by atoms with Crippen LogP contribution in [0.5, 0.6) is 5.75 Å². The molecule has 0 spiro atoms. The van der Waals surface area contributed by atoms with E-state index in [2.05, 4.69) is 19.1 Å². The van der Waals surface area contributed by atoms with Crippen LogP contribution in [0.3, 0.4) is 0 Å². The van der Waals surface area contributed by atoms with Crippen LogP contribution in [0, 0.1) is 0 Å². The zero-order chi connectivity index (χ0) is 17.4. The van der Waals surface area contributed by atoms with Gasteiger partial charge in [-0.3, -0.25) is 4.79 Å². The van der Waals surface area contributed by atoms with Crippen LogP contribution in [0.15, 0.2) is 54.6 Å². The number of esters is 1. The van der Waals surface area contributed by atoms with Crippen molar-refractivity contribution in [2.45, 2.75) is 38.2 Å². The lowest BCUT2D eigenvalue weighted by Gasteiger charge is -2.15. The highest BCUT2D eigenvalue weighted by atomic mass is 35.5. The third kappa shape index (κ3) is 5.89. The molecule has 0 N–H and O–H groups in total. The van der Waals surface area contributed by atoms with Gasteiger partial charge in [-0.1, -0.05) is 42.5 Å². The summed E-state index contributed by atoms with van der Waals surface area (Å²) in [6, 6.07) is 17.9. The lowest BCUT2D eigenvalue weighted by molar-refractivity contribution is -0.142. The van der Waals surface area contributed by atoms with Crippen molar-refractivity contribution in [3.05, 3.63) is 65.7 Å². The first-order valence-corrected chi connectivity index (χ1v) is 8.62. The Bertz CT molecular complexity index is 625. The van der Waals surface area contributed by atoms with Gasteiger partial charge < -0.3 is 9.47 Å². The van der Waals surface area contributed by atoms with E-state index in [0.29, 0.717) is 13.0 Å². The van der Waals surface area contributed by atoms with Crippen LogP contribution >= 0.6 is 11.6 Å². The van der Waals surface area contributed by atoms with Crippen LogP contribution in [0.1, 0.15) is 25.0 Å². The van der Waals surface area contributed by atoms with Gasteiger partial charge in [0.25, 0.3) is 0 Å². The maximum atomic E-state index is 11.6. The summed E-state index contributed by atoms with van der Waals surface area (Å²) < 4.78 is 10.9. The predicted octanol–water partition coefficient (Wildman–Crippen LogP) is 4.41. The molecule has 2 rings (SSSR count). The number of halogens is 1. The van der Waals surface area contributed by atoms with Crippen molar-refractivity contribution >= 4 is 17.6 Å². The highest BCUT2D eigenvalue weighted by molar-refractivity contribution is 6.30. The molecular formula is C20H23ClO3. The van der Waals surface area contributed by atoms with Crippen LogP contribution < -0.4 is 4.74 Å². The van der Waals surface area contributed by atoms with Crippen LogP contribution in [0.2, 0.25) is 0 Å². The molecule has 2 unspecified atom stereocenters. The quantitative estimate of drug-likeness (QED) is 0.524. The number of rotatable bonds is 8. The first kappa shape index (κ1) is 18.3. The summed E-state index contributed by atoms with van der Waals surface area (Å²) in [5, 5.41) is -0.659. The average Bonchev–Trinajstić information content (AvgIpc) is 2.57. The van der Waals surface area contributed by atoms with Crippen molar-refractivity contribution in [3.8, 4) is 5.75 Å². The number of hydrogen-bond donors (Lipinski definition) is 0. The number of alkyl halides is 1. The largest absolute Gasteiger partial charge is 0.490 e. The van der Waals surface area contributed by atoms with Gasteiger partial charge in [-0.25, -0.2) is 0 Å². The monoisotopic (exact) mass is 346 g/mol. The minimum atomic E-state index is -0.659. The van der Waals surface area contributed by atoms with Crippen molar-refractivity contribution in [2.24, 2.45) is 0 Å². The highest BCUT2D eigenvalue weighted by Gasteiger charge is 2.17. The van der Waals surface area contributed by atoms with E-state index in [1.165, 1.54) is 5.56 Å². The Morgan fingerprint density at radius 3 is 2.25 bits per heavy atom. The second-order valence-corrected chi connectivity index (χ2v) is 6.21. The molecule has 4 heteroatoms. The lowest BCUT2D eigenvalue weighted by Crippen LogP contribution is -2.20. The predicted molar refractivity (Wildman–Crippen MR) is 96.7 cm³/mol. The van der Waals surface area contributed by atoms with Gasteiger partial charge in [0, 0.05) is 6.42 Å². The fourth-order valence-corrected chi connectivity index (χ4v) is 2.69. The molecule has 0 bridgehead atoms. The Balaban J connectivity index is 1.86. The smallest absolute Gasteiger partial charge is 0.324 e. The molecule has 0 aliphatic heterocycles. The maximum absolute atomic E-state index is 11.6. The summed E-state index contributed by atoms with van der Waals surface area (Å²) >= 11 is 6.05. The fraction of sp³-hybridized carbons (Fsp3) is 0.350. The standard InChI is InChI=1S/C20H23ClO3/c1-3-23-20(22)19(21)14-17-9-11-18(12-10-17)24-15(2)13-16-7-5-4-6-8-16/h4-12,15,19H,3,13-14H2,1-2H3. The van der Waals surface area contributed by atoms with Gasteiger partial charge in [0.15, 0.2) is 0 Å². The fourth-order valence-electron chi connectivity index (χ4n) is 2.45. The molecule has 0 aromatic heterocycles. The Labute approximate surface area is 148 Å². The molecule has 24 heavy (non-hydrogen) atoms. The number of hydrogen-bond acceptors (Lipinski definition) is 3. The van der Waals surface area contributed by atoms with E-state index < -0.39 is 5.38 Å². The SMILES string of the molecule is CCOC(=O)C(Cl)Cc1ccc(OC(C)Cc2ccccc2)cc1. The summed E-state index contributed by atoms with van der Waals surface area (Å²) in [4.78, 5) is 11.6. The third-order valence-electron chi connectivity index (χ3n) is 3.58. The van der Waals surface area contributed by atoms with Gasteiger partial charge >= 0.3 is 5.97 Å². The van der Waals surface area contributed by atoms with Gasteiger partial charge in [-0.2, -0.15) is 0 Å². The van der Waals surface area contributed by atoms with E-state index in [9.17, 15) is 4.79 Å². The molecular weight excluding hydrogens is 324 g/mol. The Morgan fingerprint density at radius 2 is 1.62 bits per heavy atom. The molecule has 0 aliphatic rings. The number of benzene rings is 2. The first-order chi connectivity index (χ1) is 11.6. The topological polar surface area (TPSA) is 35.5 Å². The van der Waals surface area contributed by atoms with E-state index in [4.69, 9.17) is 21.1 Å². The Hall–Kier alpha value is -2.00. The van der Waals surface area contributed by atoms with Gasteiger partial charge in [0.05, 0.1) is 12.7 Å². The molecule has 2 aromatic rings. The molecule has 0 fully saturated rings.